The predicted molar refractivity (Wildman–Crippen MR) is 104 cm³/mol. The standard InChI is InChI=1S/C18H30F3N5S/c1-2-22-17(24-13-16-25-15(14-27-16)18(19,20)21)23-9-5-3-6-10-26-11-7-4-8-12-26/h14H,2-13H2,1H3,(H2,22,23,24). The van der Waals surface area contributed by atoms with E-state index in [0.29, 0.717) is 17.5 Å². The summed E-state index contributed by atoms with van der Waals surface area (Å²) in [6, 6.07) is 0. The van der Waals surface area contributed by atoms with Gasteiger partial charge in [0.2, 0.25) is 0 Å². The van der Waals surface area contributed by atoms with Crippen LogP contribution in [0.15, 0.2) is 10.4 Å². The Morgan fingerprint density at radius 2 is 1.96 bits per heavy atom. The van der Waals surface area contributed by atoms with Crippen molar-refractivity contribution in [2.75, 3.05) is 32.7 Å². The summed E-state index contributed by atoms with van der Waals surface area (Å²) in [7, 11) is 0. The second kappa shape index (κ2) is 11.5. The molecule has 0 amide bonds. The number of nitrogens with zero attached hydrogens (tertiary/aromatic N) is 3. The quantitative estimate of drug-likeness (QED) is 0.372. The number of nitrogens with one attached hydrogen (secondary N) is 2. The SMILES string of the molecule is CCNC(=NCc1nc(C(F)(F)F)cs1)NCCCCCN1CCCCC1. The summed E-state index contributed by atoms with van der Waals surface area (Å²) in [4.78, 5) is 10.5. The van der Waals surface area contributed by atoms with E-state index in [2.05, 4.69) is 25.5 Å². The van der Waals surface area contributed by atoms with E-state index < -0.39 is 11.9 Å². The van der Waals surface area contributed by atoms with Gasteiger partial charge in [-0.1, -0.05) is 12.8 Å². The van der Waals surface area contributed by atoms with E-state index in [-0.39, 0.29) is 6.54 Å². The topological polar surface area (TPSA) is 52.6 Å². The van der Waals surface area contributed by atoms with Gasteiger partial charge in [0.1, 0.15) is 5.01 Å². The van der Waals surface area contributed by atoms with Crippen molar-refractivity contribution in [2.24, 2.45) is 4.99 Å². The Morgan fingerprint density at radius 3 is 2.63 bits per heavy atom. The molecule has 1 saturated heterocycles. The molecule has 0 radical (unpaired) electrons. The number of hydrogen-bond acceptors (Lipinski definition) is 4. The van der Waals surface area contributed by atoms with Crippen molar-refractivity contribution in [3.63, 3.8) is 0 Å². The Bertz CT molecular complexity index is 568. The molecule has 1 aromatic rings. The van der Waals surface area contributed by atoms with Crippen LogP contribution in [0.2, 0.25) is 0 Å². The molecular weight excluding hydrogens is 375 g/mol. The molecular formula is C18H30F3N5S. The van der Waals surface area contributed by atoms with Crippen molar-refractivity contribution in [1.82, 2.24) is 20.5 Å². The molecule has 0 unspecified atom stereocenters. The first-order valence-corrected chi connectivity index (χ1v) is 10.6. The molecule has 2 rings (SSSR count). The fourth-order valence-electron chi connectivity index (χ4n) is 3.03. The normalized spacial score (nSPS) is 16.5. The maximum Gasteiger partial charge on any atom is 0.434 e. The van der Waals surface area contributed by atoms with Crippen molar-refractivity contribution in [2.45, 2.75) is 58.2 Å². The molecule has 1 aliphatic rings. The van der Waals surface area contributed by atoms with Crippen LogP contribution in [0, 0.1) is 0 Å². The molecule has 1 fully saturated rings. The van der Waals surface area contributed by atoms with Gasteiger partial charge < -0.3 is 15.5 Å². The number of aromatic nitrogens is 1. The molecule has 0 spiro atoms. The lowest BCUT2D eigenvalue weighted by Crippen LogP contribution is -2.37. The zero-order valence-electron chi connectivity index (χ0n) is 15.9. The zero-order chi connectivity index (χ0) is 19.5. The third kappa shape index (κ3) is 8.47. The number of unbranched alkanes of at least 4 members (excludes halogenated alkanes) is 2. The van der Waals surface area contributed by atoms with Crippen LogP contribution < -0.4 is 10.6 Å². The summed E-state index contributed by atoms with van der Waals surface area (Å²) in [6.45, 7) is 7.26. The van der Waals surface area contributed by atoms with Gasteiger partial charge in [-0.25, -0.2) is 9.98 Å². The lowest BCUT2D eigenvalue weighted by Gasteiger charge is -2.26. The Balaban J connectivity index is 1.66. The van der Waals surface area contributed by atoms with Gasteiger partial charge in [-0.05, 0) is 52.2 Å². The molecule has 1 aliphatic heterocycles. The fourth-order valence-corrected chi connectivity index (χ4v) is 3.75. The number of guanidine groups is 1. The van der Waals surface area contributed by atoms with Gasteiger partial charge in [0.15, 0.2) is 11.7 Å². The van der Waals surface area contributed by atoms with Crippen LogP contribution in [0.5, 0.6) is 0 Å². The maximum absolute atomic E-state index is 12.6. The molecule has 0 saturated carbocycles. The number of alkyl halides is 3. The summed E-state index contributed by atoms with van der Waals surface area (Å²) in [5, 5.41) is 7.76. The van der Waals surface area contributed by atoms with E-state index in [0.717, 1.165) is 36.1 Å². The van der Waals surface area contributed by atoms with Gasteiger partial charge in [0, 0.05) is 18.5 Å². The van der Waals surface area contributed by atoms with Crippen LogP contribution in [0.25, 0.3) is 0 Å². The smallest absolute Gasteiger partial charge is 0.357 e. The van der Waals surface area contributed by atoms with E-state index in [1.54, 1.807) is 0 Å². The van der Waals surface area contributed by atoms with Crippen molar-refractivity contribution >= 4 is 17.3 Å². The molecule has 9 heteroatoms. The van der Waals surface area contributed by atoms with E-state index in [1.165, 1.54) is 45.3 Å². The van der Waals surface area contributed by atoms with Crippen LogP contribution in [-0.4, -0.2) is 48.6 Å². The average molecular weight is 406 g/mol. The van der Waals surface area contributed by atoms with Gasteiger partial charge in [0.25, 0.3) is 0 Å². The first kappa shape index (κ1) is 21.9. The monoisotopic (exact) mass is 405 g/mol. The average Bonchev–Trinajstić information content (AvgIpc) is 3.13. The molecule has 1 aromatic heterocycles. The minimum absolute atomic E-state index is 0.144. The maximum atomic E-state index is 12.6. The lowest BCUT2D eigenvalue weighted by molar-refractivity contribution is -0.140. The summed E-state index contributed by atoms with van der Waals surface area (Å²) >= 11 is 0.987. The molecule has 5 nitrogen and oxygen atoms in total. The van der Waals surface area contributed by atoms with Gasteiger partial charge in [-0.3, -0.25) is 0 Å². The Morgan fingerprint density at radius 1 is 1.19 bits per heavy atom. The highest BCUT2D eigenvalue weighted by Crippen LogP contribution is 2.30. The van der Waals surface area contributed by atoms with Crippen LogP contribution >= 0.6 is 11.3 Å². The zero-order valence-corrected chi connectivity index (χ0v) is 16.8. The van der Waals surface area contributed by atoms with E-state index in [9.17, 15) is 13.2 Å². The van der Waals surface area contributed by atoms with Gasteiger partial charge >= 0.3 is 6.18 Å². The number of rotatable bonds is 9. The summed E-state index contributed by atoms with van der Waals surface area (Å²) in [6.07, 6.45) is 3.04. The molecule has 0 aliphatic carbocycles. The summed E-state index contributed by atoms with van der Waals surface area (Å²) in [5.41, 5.74) is -0.843. The highest BCUT2D eigenvalue weighted by atomic mass is 32.1. The molecule has 27 heavy (non-hydrogen) atoms. The van der Waals surface area contributed by atoms with Gasteiger partial charge in [-0.15, -0.1) is 11.3 Å². The third-order valence-electron chi connectivity index (χ3n) is 4.45. The molecule has 2 heterocycles. The minimum atomic E-state index is -4.39. The van der Waals surface area contributed by atoms with Gasteiger partial charge in [0.05, 0.1) is 6.54 Å². The predicted octanol–water partition coefficient (Wildman–Crippen LogP) is 3.87. The fraction of sp³-hybridized carbons (Fsp3) is 0.778. The summed E-state index contributed by atoms with van der Waals surface area (Å²) in [5.74, 6) is 0.622. The Kier molecular flexibility index (Phi) is 9.33. The number of aliphatic imine (C=N–C) groups is 1. The van der Waals surface area contributed by atoms with Crippen molar-refractivity contribution < 1.29 is 13.2 Å². The molecule has 0 bridgehead atoms. The molecule has 0 atom stereocenters. The van der Waals surface area contributed by atoms with E-state index in [4.69, 9.17) is 0 Å². The van der Waals surface area contributed by atoms with Crippen molar-refractivity contribution in [3.05, 3.63) is 16.1 Å². The van der Waals surface area contributed by atoms with Gasteiger partial charge in [-0.2, -0.15) is 13.2 Å². The van der Waals surface area contributed by atoms with Crippen molar-refractivity contribution in [1.29, 1.82) is 0 Å². The Hall–Kier alpha value is -1.35. The third-order valence-corrected chi connectivity index (χ3v) is 5.28. The van der Waals surface area contributed by atoms with Crippen LogP contribution in [0.1, 0.15) is 56.2 Å². The van der Waals surface area contributed by atoms with E-state index in [1.807, 2.05) is 6.92 Å². The van der Waals surface area contributed by atoms with Crippen molar-refractivity contribution in [3.8, 4) is 0 Å². The minimum Gasteiger partial charge on any atom is -0.357 e. The number of piperidine rings is 1. The number of hydrogen-bond donors (Lipinski definition) is 2. The number of likely N-dealkylation sites (tertiary alicyclic amines) is 1. The molecule has 0 aromatic carbocycles. The first-order valence-electron chi connectivity index (χ1n) is 9.75. The highest BCUT2D eigenvalue weighted by molar-refractivity contribution is 7.09. The number of thiazole rings is 1. The van der Waals surface area contributed by atoms with Crippen LogP contribution in [0.4, 0.5) is 13.2 Å². The lowest BCUT2D eigenvalue weighted by atomic mass is 10.1. The van der Waals surface area contributed by atoms with Crippen LogP contribution in [-0.2, 0) is 12.7 Å². The highest BCUT2D eigenvalue weighted by Gasteiger charge is 2.33. The second-order valence-corrected chi connectivity index (χ2v) is 7.65. The number of halogens is 3. The summed E-state index contributed by atoms with van der Waals surface area (Å²) < 4.78 is 37.8. The second-order valence-electron chi connectivity index (χ2n) is 6.71. The molecule has 2 N–H and O–H groups in total. The Labute approximate surface area is 163 Å². The molecule has 154 valence electrons. The van der Waals surface area contributed by atoms with E-state index >= 15 is 0 Å². The largest absolute Gasteiger partial charge is 0.434 e. The van der Waals surface area contributed by atoms with Crippen LogP contribution in [0.3, 0.4) is 0 Å². The first-order chi connectivity index (χ1) is 13.0.